The average molecular weight is 192 g/mol. The van der Waals surface area contributed by atoms with Crippen molar-refractivity contribution in [1.82, 2.24) is 4.57 Å². The van der Waals surface area contributed by atoms with Crippen LogP contribution in [0.15, 0.2) is 42.7 Å². The minimum absolute atomic E-state index is 0.788. The van der Waals surface area contributed by atoms with Gasteiger partial charge in [-0.2, -0.15) is 0 Å². The number of hydrogen-bond donors (Lipinski definition) is 0. The quantitative estimate of drug-likeness (QED) is 0.651. The van der Waals surface area contributed by atoms with Gasteiger partial charge in [0.05, 0.1) is 10.7 Å². The van der Waals surface area contributed by atoms with E-state index in [2.05, 4.69) is 13.0 Å². The smallest absolute Gasteiger partial charge is 0.0666 e. The van der Waals surface area contributed by atoms with E-state index < -0.39 is 0 Å². The summed E-state index contributed by atoms with van der Waals surface area (Å²) in [6.45, 7) is 2.06. The fraction of sp³-hybridized carbons (Fsp3) is 0.0909. The first kappa shape index (κ1) is 8.39. The highest BCUT2D eigenvalue weighted by Crippen LogP contribution is 2.23. The van der Waals surface area contributed by atoms with Crippen molar-refractivity contribution in [2.75, 3.05) is 0 Å². The van der Waals surface area contributed by atoms with Crippen molar-refractivity contribution >= 4 is 11.6 Å². The number of halogens is 1. The van der Waals surface area contributed by atoms with Gasteiger partial charge in [0.1, 0.15) is 0 Å². The van der Waals surface area contributed by atoms with Crippen LogP contribution >= 0.6 is 11.6 Å². The predicted octanol–water partition coefficient (Wildman–Crippen LogP) is 3.44. The zero-order valence-electron chi connectivity index (χ0n) is 7.37. The van der Waals surface area contributed by atoms with Crippen molar-refractivity contribution in [3.05, 3.63) is 53.3 Å². The van der Waals surface area contributed by atoms with Gasteiger partial charge >= 0.3 is 0 Å². The van der Waals surface area contributed by atoms with Crippen molar-refractivity contribution in [2.24, 2.45) is 0 Å². The van der Waals surface area contributed by atoms with Gasteiger partial charge in [-0.1, -0.05) is 23.7 Å². The van der Waals surface area contributed by atoms with E-state index in [1.807, 2.05) is 41.2 Å². The summed E-state index contributed by atoms with van der Waals surface area (Å²) in [4.78, 5) is 0. The summed E-state index contributed by atoms with van der Waals surface area (Å²) in [5.74, 6) is 0. The second-order valence-electron chi connectivity index (χ2n) is 3.00. The molecule has 0 amide bonds. The van der Waals surface area contributed by atoms with Crippen molar-refractivity contribution in [3.8, 4) is 5.69 Å². The van der Waals surface area contributed by atoms with Crippen molar-refractivity contribution in [2.45, 2.75) is 6.92 Å². The van der Waals surface area contributed by atoms with Gasteiger partial charge in [-0.05, 0) is 30.7 Å². The van der Waals surface area contributed by atoms with E-state index >= 15 is 0 Å². The molecule has 2 rings (SSSR count). The molecule has 0 aliphatic heterocycles. The second-order valence-corrected chi connectivity index (χ2v) is 3.40. The standard InChI is InChI=1S/C11H10ClN/c1-9-5-4-6-10(12)11(9)13-7-2-3-8-13/h2-8H,1H3. The van der Waals surface area contributed by atoms with Crippen LogP contribution in [0.5, 0.6) is 0 Å². The molecule has 2 aromatic rings. The van der Waals surface area contributed by atoms with Gasteiger partial charge in [-0.15, -0.1) is 0 Å². The van der Waals surface area contributed by atoms with Crippen LogP contribution < -0.4 is 0 Å². The SMILES string of the molecule is Cc1cccc(Cl)c1-n1cccc1. The molecular formula is C11H10ClN. The third kappa shape index (κ3) is 1.47. The number of benzene rings is 1. The highest BCUT2D eigenvalue weighted by Gasteiger charge is 2.03. The largest absolute Gasteiger partial charge is 0.322 e. The molecule has 1 nitrogen and oxygen atoms in total. The Morgan fingerprint density at radius 3 is 2.38 bits per heavy atom. The lowest BCUT2D eigenvalue weighted by atomic mass is 10.2. The van der Waals surface area contributed by atoms with Gasteiger partial charge in [-0.3, -0.25) is 0 Å². The maximum atomic E-state index is 6.10. The molecule has 66 valence electrons. The van der Waals surface area contributed by atoms with Crippen LogP contribution in [0, 0.1) is 6.92 Å². The van der Waals surface area contributed by atoms with Gasteiger partial charge in [-0.25, -0.2) is 0 Å². The van der Waals surface area contributed by atoms with E-state index in [0.29, 0.717) is 0 Å². The number of para-hydroxylation sites is 1. The summed E-state index contributed by atoms with van der Waals surface area (Å²) in [6, 6.07) is 9.90. The molecule has 1 aromatic carbocycles. The maximum Gasteiger partial charge on any atom is 0.0666 e. The lowest BCUT2D eigenvalue weighted by molar-refractivity contribution is 1.06. The molecule has 1 aromatic heterocycles. The van der Waals surface area contributed by atoms with Crippen LogP contribution in [0.2, 0.25) is 5.02 Å². The van der Waals surface area contributed by atoms with Crippen LogP contribution in [-0.2, 0) is 0 Å². The van der Waals surface area contributed by atoms with Crippen molar-refractivity contribution in [3.63, 3.8) is 0 Å². The average Bonchev–Trinajstić information content (AvgIpc) is 2.57. The Bertz CT molecular complexity index is 384. The number of nitrogens with zero attached hydrogens (tertiary/aromatic N) is 1. The Kier molecular flexibility index (Phi) is 2.11. The van der Waals surface area contributed by atoms with E-state index in [1.54, 1.807) is 0 Å². The van der Waals surface area contributed by atoms with Crippen molar-refractivity contribution < 1.29 is 0 Å². The maximum absolute atomic E-state index is 6.10. The molecule has 2 heteroatoms. The summed E-state index contributed by atoms with van der Waals surface area (Å²) in [6.07, 6.45) is 3.99. The second kappa shape index (κ2) is 3.27. The van der Waals surface area contributed by atoms with Crippen LogP contribution in [0.3, 0.4) is 0 Å². The normalized spacial score (nSPS) is 10.3. The van der Waals surface area contributed by atoms with Gasteiger partial charge < -0.3 is 4.57 Å². The van der Waals surface area contributed by atoms with E-state index in [0.717, 1.165) is 10.7 Å². The summed E-state index contributed by atoms with van der Waals surface area (Å²) >= 11 is 6.10. The summed E-state index contributed by atoms with van der Waals surface area (Å²) in [7, 11) is 0. The molecule has 0 saturated heterocycles. The molecule has 0 radical (unpaired) electrons. The first-order valence-corrected chi connectivity index (χ1v) is 4.55. The topological polar surface area (TPSA) is 4.93 Å². The molecule has 1 heterocycles. The molecule has 0 atom stereocenters. The highest BCUT2D eigenvalue weighted by molar-refractivity contribution is 6.32. The molecule has 0 unspecified atom stereocenters. The van der Waals surface area contributed by atoms with E-state index in [-0.39, 0.29) is 0 Å². The Balaban J connectivity index is 2.64. The predicted molar refractivity (Wildman–Crippen MR) is 55.5 cm³/mol. The fourth-order valence-electron chi connectivity index (χ4n) is 1.43. The van der Waals surface area contributed by atoms with Crippen LogP contribution in [0.25, 0.3) is 5.69 Å². The number of rotatable bonds is 1. The summed E-state index contributed by atoms with van der Waals surface area (Å²) in [5, 5.41) is 0.788. The first-order valence-electron chi connectivity index (χ1n) is 4.17. The third-order valence-corrected chi connectivity index (χ3v) is 2.36. The van der Waals surface area contributed by atoms with Crippen molar-refractivity contribution in [1.29, 1.82) is 0 Å². The Morgan fingerprint density at radius 2 is 1.77 bits per heavy atom. The molecule has 0 spiro atoms. The zero-order chi connectivity index (χ0) is 9.26. The lowest BCUT2D eigenvalue weighted by Crippen LogP contribution is -1.93. The highest BCUT2D eigenvalue weighted by atomic mass is 35.5. The lowest BCUT2D eigenvalue weighted by Gasteiger charge is -2.08. The Morgan fingerprint density at radius 1 is 1.08 bits per heavy atom. The minimum Gasteiger partial charge on any atom is -0.322 e. The molecule has 0 fully saturated rings. The molecule has 0 aliphatic rings. The molecule has 0 aliphatic carbocycles. The zero-order valence-corrected chi connectivity index (χ0v) is 8.12. The summed E-state index contributed by atoms with van der Waals surface area (Å²) < 4.78 is 2.03. The Hall–Kier alpha value is -1.21. The number of hydrogen-bond acceptors (Lipinski definition) is 0. The van der Waals surface area contributed by atoms with Gasteiger partial charge in [0, 0.05) is 12.4 Å². The van der Waals surface area contributed by atoms with Gasteiger partial charge in [0.25, 0.3) is 0 Å². The van der Waals surface area contributed by atoms with Gasteiger partial charge in [0.15, 0.2) is 0 Å². The monoisotopic (exact) mass is 191 g/mol. The van der Waals surface area contributed by atoms with Crippen LogP contribution in [0.4, 0.5) is 0 Å². The van der Waals surface area contributed by atoms with E-state index in [4.69, 9.17) is 11.6 Å². The Labute approximate surface area is 82.6 Å². The molecule has 0 saturated carbocycles. The molecule has 0 N–H and O–H groups in total. The van der Waals surface area contributed by atoms with Gasteiger partial charge in [0.2, 0.25) is 0 Å². The molecule has 0 bridgehead atoms. The molecular weight excluding hydrogens is 182 g/mol. The van der Waals surface area contributed by atoms with E-state index in [9.17, 15) is 0 Å². The van der Waals surface area contributed by atoms with Crippen LogP contribution in [-0.4, -0.2) is 4.57 Å². The summed E-state index contributed by atoms with van der Waals surface area (Å²) in [5.41, 5.74) is 2.25. The third-order valence-electron chi connectivity index (χ3n) is 2.05. The first-order chi connectivity index (χ1) is 6.29. The number of aryl methyl sites for hydroxylation is 1. The van der Waals surface area contributed by atoms with Crippen LogP contribution in [0.1, 0.15) is 5.56 Å². The molecule has 13 heavy (non-hydrogen) atoms. The fourth-order valence-corrected chi connectivity index (χ4v) is 1.75. The number of aromatic nitrogens is 1. The minimum atomic E-state index is 0.788. The van der Waals surface area contributed by atoms with E-state index in [1.165, 1.54) is 5.56 Å².